The zero-order valence-electron chi connectivity index (χ0n) is 22.7. The highest BCUT2D eigenvalue weighted by molar-refractivity contribution is 5.99. The van der Waals surface area contributed by atoms with Gasteiger partial charge in [-0.2, -0.15) is 13.2 Å². The molecule has 2 bridgehead atoms. The molecule has 8 nitrogen and oxygen atoms in total. The third-order valence-corrected chi connectivity index (χ3v) is 10.1. The van der Waals surface area contributed by atoms with Crippen molar-refractivity contribution in [1.82, 2.24) is 5.32 Å². The molecule has 6 rings (SSSR count). The molecule has 1 aromatic carbocycles. The van der Waals surface area contributed by atoms with Gasteiger partial charge in [0.25, 0.3) is 11.6 Å². The van der Waals surface area contributed by atoms with E-state index < -0.39 is 39.8 Å². The first-order valence-electron chi connectivity index (χ1n) is 13.9. The number of halogens is 3. The molecule has 1 aromatic rings. The molecule has 218 valence electrons. The van der Waals surface area contributed by atoms with Crippen molar-refractivity contribution in [3.05, 3.63) is 87.2 Å². The fourth-order valence-corrected chi connectivity index (χ4v) is 8.46. The summed E-state index contributed by atoms with van der Waals surface area (Å²) < 4.78 is 49.4. The van der Waals surface area contributed by atoms with E-state index in [0.717, 1.165) is 25.5 Å². The maximum atomic E-state index is 14.1. The summed E-state index contributed by atoms with van der Waals surface area (Å²) in [5.41, 5.74) is -3.83. The number of rotatable bonds is 6. The summed E-state index contributed by atoms with van der Waals surface area (Å²) in [5, 5.41) is 26.4. The summed E-state index contributed by atoms with van der Waals surface area (Å²) in [7, 11) is 2.15. The fraction of sp³-hybridized carbons (Fsp3) is 0.500. The number of allylic oxidation sites excluding steroid dienone is 1. The number of nitro groups is 1. The standard InChI is InChI=1S/C30H32F3N3O5/c1-3-13-36(2)14-12-28-20-10-7-11-24(28)41-26-25(28)19(16-23(20)36)22(35(39)40)17-29(26,38)34-27(37)21(30(31,32)33)15-18-8-5-4-6-9-18/h3-6,8-9,15,17,20,23-24,26,38H,1,7,10-14,16H2,2H3/p+1/t20-,23+,24-,26?,28+,29?,36?/m0/s1. The second-order valence-electron chi connectivity index (χ2n) is 12.2. The number of likely N-dealkylation sites (tertiary alicyclic amines) is 1. The van der Waals surface area contributed by atoms with Gasteiger partial charge in [0.15, 0.2) is 5.72 Å². The summed E-state index contributed by atoms with van der Waals surface area (Å²) in [4.78, 5) is 25.1. The number of quaternary nitrogens is 1. The number of piperidine rings is 1. The summed E-state index contributed by atoms with van der Waals surface area (Å²) in [6.45, 7) is 5.41. The Hall–Kier alpha value is -3.28. The van der Waals surface area contributed by atoms with Crippen LogP contribution in [0.15, 0.2) is 71.5 Å². The number of aliphatic hydroxyl groups is 1. The van der Waals surface area contributed by atoms with E-state index >= 15 is 0 Å². The summed E-state index contributed by atoms with van der Waals surface area (Å²) in [6, 6.07) is 7.61. The second kappa shape index (κ2) is 9.37. The number of nitrogens with zero attached hydrogens (tertiary/aromatic N) is 2. The van der Waals surface area contributed by atoms with Crippen LogP contribution < -0.4 is 5.32 Å². The lowest BCUT2D eigenvalue weighted by Gasteiger charge is -2.61. The van der Waals surface area contributed by atoms with Crippen molar-refractivity contribution in [2.75, 3.05) is 20.1 Å². The molecule has 5 aliphatic rings. The van der Waals surface area contributed by atoms with Gasteiger partial charge in [0.05, 0.1) is 37.2 Å². The lowest BCUT2D eigenvalue weighted by atomic mass is 9.49. The molecule has 0 radical (unpaired) electrons. The van der Waals surface area contributed by atoms with Crippen molar-refractivity contribution < 1.29 is 37.2 Å². The van der Waals surface area contributed by atoms with Crippen molar-refractivity contribution in [2.45, 2.75) is 62.3 Å². The molecule has 2 heterocycles. The topological polar surface area (TPSA) is 102 Å². The maximum Gasteiger partial charge on any atom is 0.421 e. The molecule has 0 aromatic heterocycles. The lowest BCUT2D eigenvalue weighted by molar-refractivity contribution is -0.940. The molecular formula is C30H33F3N3O5+. The van der Waals surface area contributed by atoms with Crippen LogP contribution >= 0.6 is 0 Å². The average molecular weight is 573 g/mol. The quantitative estimate of drug-likeness (QED) is 0.132. The summed E-state index contributed by atoms with van der Waals surface area (Å²) in [5.74, 6) is -1.47. The Morgan fingerprint density at radius 2 is 2.05 bits per heavy atom. The number of alkyl halides is 3. The van der Waals surface area contributed by atoms with E-state index in [-0.39, 0.29) is 29.3 Å². The number of hydrogen-bond donors (Lipinski definition) is 2. The van der Waals surface area contributed by atoms with Crippen LogP contribution in [-0.2, 0) is 9.53 Å². The van der Waals surface area contributed by atoms with Gasteiger partial charge in [-0.25, -0.2) is 0 Å². The predicted molar refractivity (Wildman–Crippen MR) is 143 cm³/mol. The number of benzene rings is 1. The molecule has 3 aliphatic carbocycles. The molecule has 2 aliphatic heterocycles. The highest BCUT2D eigenvalue weighted by Gasteiger charge is 2.72. The van der Waals surface area contributed by atoms with Gasteiger partial charge in [0.1, 0.15) is 11.7 Å². The Balaban J connectivity index is 1.45. The minimum atomic E-state index is -5.05. The molecule has 3 unspecified atom stereocenters. The van der Waals surface area contributed by atoms with Crippen LogP contribution in [-0.4, -0.2) is 70.7 Å². The maximum absolute atomic E-state index is 14.1. The third-order valence-electron chi connectivity index (χ3n) is 10.1. The lowest BCUT2D eigenvalue weighted by Crippen LogP contribution is -2.69. The van der Waals surface area contributed by atoms with E-state index in [1.165, 1.54) is 24.3 Å². The monoisotopic (exact) mass is 572 g/mol. The first-order valence-corrected chi connectivity index (χ1v) is 13.9. The second-order valence-corrected chi connectivity index (χ2v) is 12.2. The molecular weight excluding hydrogens is 539 g/mol. The van der Waals surface area contributed by atoms with Gasteiger partial charge in [-0.3, -0.25) is 14.9 Å². The molecule has 11 heteroatoms. The normalized spacial score (nSPS) is 37.7. The summed E-state index contributed by atoms with van der Waals surface area (Å²) >= 11 is 0. The Bertz CT molecular complexity index is 1410. The minimum Gasteiger partial charge on any atom is -0.365 e. The van der Waals surface area contributed by atoms with E-state index in [2.05, 4.69) is 18.9 Å². The number of carbonyl (C=O) groups is 1. The average Bonchev–Trinajstić information content (AvgIpc) is 3.26. The Morgan fingerprint density at radius 3 is 2.71 bits per heavy atom. The van der Waals surface area contributed by atoms with Crippen LogP contribution in [0.25, 0.3) is 6.08 Å². The van der Waals surface area contributed by atoms with Crippen molar-refractivity contribution >= 4 is 12.0 Å². The van der Waals surface area contributed by atoms with Gasteiger partial charge in [-0.05, 0) is 36.1 Å². The third kappa shape index (κ3) is 4.11. The molecule has 1 saturated carbocycles. The molecule has 41 heavy (non-hydrogen) atoms. The molecule has 3 fully saturated rings. The van der Waals surface area contributed by atoms with Crippen LogP contribution in [0, 0.1) is 21.4 Å². The van der Waals surface area contributed by atoms with Crippen LogP contribution in [0.4, 0.5) is 13.2 Å². The van der Waals surface area contributed by atoms with Gasteiger partial charge in [0, 0.05) is 35.8 Å². The number of ether oxygens (including phenoxy) is 1. The first kappa shape index (κ1) is 27.9. The number of hydrogen-bond acceptors (Lipinski definition) is 5. The van der Waals surface area contributed by atoms with E-state index in [0.29, 0.717) is 47.5 Å². The SMILES string of the molecule is C=CC[N+]1(C)CC[C@@]23C4=C5C[C@@H]1[C@@H]2CCC[C@@H]3OC4C(O)(NC(=O)C(=Cc1ccccc1)C(F)(F)F)C=C5[N+](=O)[O-]. The Kier molecular flexibility index (Phi) is 6.37. The fourth-order valence-electron chi connectivity index (χ4n) is 8.46. The number of amides is 1. The largest absolute Gasteiger partial charge is 0.421 e. The minimum absolute atomic E-state index is 0.0698. The smallest absolute Gasteiger partial charge is 0.365 e. The Morgan fingerprint density at radius 1 is 1.32 bits per heavy atom. The van der Waals surface area contributed by atoms with Crippen molar-refractivity contribution in [1.29, 1.82) is 0 Å². The van der Waals surface area contributed by atoms with E-state index in [1.807, 2.05) is 6.08 Å². The molecule has 2 saturated heterocycles. The van der Waals surface area contributed by atoms with Crippen LogP contribution in [0.3, 0.4) is 0 Å². The van der Waals surface area contributed by atoms with Crippen molar-refractivity contribution in [2.24, 2.45) is 11.3 Å². The molecule has 2 N–H and O–H groups in total. The van der Waals surface area contributed by atoms with Gasteiger partial charge < -0.3 is 19.6 Å². The van der Waals surface area contributed by atoms with Crippen molar-refractivity contribution in [3.63, 3.8) is 0 Å². The summed E-state index contributed by atoms with van der Waals surface area (Å²) in [6.07, 6.45) is 0.291. The number of likely N-dealkylation sites (N-methyl/N-ethyl adjacent to an activating group) is 1. The number of nitrogens with one attached hydrogen (secondary N) is 1. The Labute approximate surface area is 235 Å². The van der Waals surface area contributed by atoms with Gasteiger partial charge >= 0.3 is 6.18 Å². The predicted octanol–water partition coefficient (Wildman–Crippen LogP) is 4.27. The van der Waals surface area contributed by atoms with E-state index in [4.69, 9.17) is 4.74 Å². The zero-order chi connectivity index (χ0) is 29.4. The highest BCUT2D eigenvalue weighted by Crippen LogP contribution is 2.67. The highest BCUT2D eigenvalue weighted by atomic mass is 19.4. The molecule has 1 spiro atoms. The van der Waals surface area contributed by atoms with Crippen molar-refractivity contribution in [3.8, 4) is 0 Å². The number of carbonyl (C=O) groups excluding carboxylic acids is 1. The zero-order valence-corrected chi connectivity index (χ0v) is 22.7. The van der Waals surface area contributed by atoms with Gasteiger partial charge in [0.2, 0.25) is 0 Å². The van der Waals surface area contributed by atoms with Gasteiger partial charge in [-0.15, -0.1) is 0 Å². The first-order chi connectivity index (χ1) is 19.3. The van der Waals surface area contributed by atoms with Crippen LogP contribution in [0.2, 0.25) is 0 Å². The van der Waals surface area contributed by atoms with Crippen LogP contribution in [0.1, 0.15) is 37.7 Å². The van der Waals surface area contributed by atoms with E-state index in [1.54, 1.807) is 6.07 Å². The van der Waals surface area contributed by atoms with Crippen LogP contribution in [0.5, 0.6) is 0 Å². The van der Waals surface area contributed by atoms with E-state index in [9.17, 15) is 33.2 Å². The molecule has 7 atom stereocenters. The molecule has 1 amide bonds. The van der Waals surface area contributed by atoms with Gasteiger partial charge in [-0.1, -0.05) is 43.3 Å².